The van der Waals surface area contributed by atoms with Crippen LogP contribution in [-0.4, -0.2) is 29.0 Å². The van der Waals surface area contributed by atoms with Crippen molar-refractivity contribution in [2.45, 2.75) is 19.4 Å². The average Bonchev–Trinajstić information content (AvgIpc) is 2.62. The summed E-state index contributed by atoms with van der Waals surface area (Å²) < 4.78 is 27.1. The van der Waals surface area contributed by atoms with Gasteiger partial charge in [0.25, 0.3) is 0 Å². The molecule has 24 heavy (non-hydrogen) atoms. The van der Waals surface area contributed by atoms with Gasteiger partial charge in [0.2, 0.25) is 5.91 Å². The van der Waals surface area contributed by atoms with Gasteiger partial charge in [0.1, 0.15) is 23.8 Å². The molecule has 0 bridgehead atoms. The van der Waals surface area contributed by atoms with Crippen LogP contribution in [0.15, 0.2) is 36.8 Å². The summed E-state index contributed by atoms with van der Waals surface area (Å²) in [7, 11) is 0. The van der Waals surface area contributed by atoms with Crippen molar-refractivity contribution in [1.29, 1.82) is 0 Å². The Morgan fingerprint density at radius 1 is 1.25 bits per heavy atom. The lowest BCUT2D eigenvalue weighted by atomic mass is 9.96. The van der Waals surface area contributed by atoms with E-state index in [-0.39, 0.29) is 23.9 Å². The second-order valence-electron chi connectivity index (χ2n) is 5.75. The highest BCUT2D eigenvalue weighted by Gasteiger charge is 2.28. The Morgan fingerprint density at radius 3 is 2.71 bits per heavy atom. The highest BCUT2D eigenvalue weighted by Crippen LogP contribution is 2.22. The van der Waals surface area contributed by atoms with Crippen LogP contribution >= 0.6 is 0 Å². The summed E-state index contributed by atoms with van der Waals surface area (Å²) in [4.78, 5) is 22.3. The molecule has 2 heterocycles. The third kappa shape index (κ3) is 3.73. The van der Waals surface area contributed by atoms with Crippen molar-refractivity contribution in [3.63, 3.8) is 0 Å². The number of hydrogen-bond donors (Lipinski definition) is 1. The van der Waals surface area contributed by atoms with E-state index in [9.17, 15) is 13.6 Å². The lowest BCUT2D eigenvalue weighted by Gasteiger charge is -2.29. The first-order valence-corrected chi connectivity index (χ1v) is 7.87. The standard InChI is InChI=1S/C17H18F2N4O/c18-14-2-1-13(15(19)9-14)10-23(16-5-8-21-11-22-16)17(24)12-3-6-20-7-4-12/h1-2,5,8-9,11-12,20H,3-4,6-7,10H2. The molecule has 0 spiro atoms. The van der Waals surface area contributed by atoms with Crippen LogP contribution in [0.4, 0.5) is 14.6 Å². The van der Waals surface area contributed by atoms with Gasteiger partial charge in [-0.3, -0.25) is 9.69 Å². The second kappa shape index (κ2) is 7.44. The Kier molecular flexibility index (Phi) is 5.10. The molecule has 1 amide bonds. The normalized spacial score (nSPS) is 15.2. The maximum absolute atomic E-state index is 14.0. The molecule has 0 radical (unpaired) electrons. The molecule has 0 saturated carbocycles. The first-order chi connectivity index (χ1) is 11.6. The van der Waals surface area contributed by atoms with E-state index in [0.29, 0.717) is 5.82 Å². The molecule has 126 valence electrons. The van der Waals surface area contributed by atoms with Gasteiger partial charge in [-0.25, -0.2) is 18.7 Å². The van der Waals surface area contributed by atoms with E-state index >= 15 is 0 Å². The van der Waals surface area contributed by atoms with Crippen LogP contribution in [0, 0.1) is 17.6 Å². The van der Waals surface area contributed by atoms with Crippen LogP contribution in [0.2, 0.25) is 0 Å². The molecule has 0 aliphatic carbocycles. The van der Waals surface area contributed by atoms with Gasteiger partial charge in [-0.2, -0.15) is 0 Å². The highest BCUT2D eigenvalue weighted by atomic mass is 19.1. The molecule has 0 atom stereocenters. The number of hydrogen-bond acceptors (Lipinski definition) is 4. The monoisotopic (exact) mass is 332 g/mol. The summed E-state index contributed by atoms with van der Waals surface area (Å²) in [5.74, 6) is -1.14. The number of carbonyl (C=O) groups is 1. The maximum Gasteiger partial charge on any atom is 0.231 e. The summed E-state index contributed by atoms with van der Waals surface area (Å²) in [6.45, 7) is 1.56. The lowest BCUT2D eigenvalue weighted by molar-refractivity contribution is -0.123. The quantitative estimate of drug-likeness (QED) is 0.933. The van der Waals surface area contributed by atoms with Crippen molar-refractivity contribution in [3.8, 4) is 0 Å². The molecule has 1 N–H and O–H groups in total. The fourth-order valence-corrected chi connectivity index (χ4v) is 2.82. The molecule has 1 aromatic carbocycles. The van der Waals surface area contributed by atoms with E-state index in [1.165, 1.54) is 29.6 Å². The zero-order valence-electron chi connectivity index (χ0n) is 13.1. The van der Waals surface area contributed by atoms with Crippen molar-refractivity contribution >= 4 is 11.7 Å². The Morgan fingerprint density at radius 2 is 2.04 bits per heavy atom. The second-order valence-corrected chi connectivity index (χ2v) is 5.75. The van der Waals surface area contributed by atoms with Gasteiger partial charge in [-0.1, -0.05) is 6.07 Å². The molecular weight excluding hydrogens is 314 g/mol. The number of benzene rings is 1. The molecule has 0 unspecified atom stereocenters. The fourth-order valence-electron chi connectivity index (χ4n) is 2.82. The zero-order chi connectivity index (χ0) is 16.9. The van der Waals surface area contributed by atoms with E-state index in [1.807, 2.05) is 0 Å². The lowest BCUT2D eigenvalue weighted by Crippen LogP contribution is -2.41. The largest absolute Gasteiger partial charge is 0.317 e. The highest BCUT2D eigenvalue weighted by molar-refractivity contribution is 5.94. The summed E-state index contributed by atoms with van der Waals surface area (Å²) >= 11 is 0. The summed E-state index contributed by atoms with van der Waals surface area (Å²) in [6.07, 6.45) is 4.34. The Bertz CT molecular complexity index is 705. The van der Waals surface area contributed by atoms with Crippen LogP contribution < -0.4 is 10.2 Å². The van der Waals surface area contributed by atoms with E-state index in [2.05, 4.69) is 15.3 Å². The number of aromatic nitrogens is 2. The number of carbonyl (C=O) groups excluding carboxylic acids is 1. The minimum atomic E-state index is -0.674. The Balaban J connectivity index is 1.88. The number of halogens is 2. The van der Waals surface area contributed by atoms with E-state index in [4.69, 9.17) is 0 Å². The molecule has 7 heteroatoms. The first kappa shape index (κ1) is 16.4. The van der Waals surface area contributed by atoms with Crippen LogP contribution in [0.1, 0.15) is 18.4 Å². The van der Waals surface area contributed by atoms with Crippen LogP contribution in [0.3, 0.4) is 0 Å². The number of nitrogens with one attached hydrogen (secondary N) is 1. The van der Waals surface area contributed by atoms with Crippen LogP contribution in [0.5, 0.6) is 0 Å². The number of nitrogens with zero attached hydrogens (tertiary/aromatic N) is 3. The van der Waals surface area contributed by atoms with E-state index in [0.717, 1.165) is 32.0 Å². The topological polar surface area (TPSA) is 58.1 Å². The summed E-state index contributed by atoms with van der Waals surface area (Å²) in [6, 6.07) is 4.98. The summed E-state index contributed by atoms with van der Waals surface area (Å²) in [5, 5.41) is 3.22. The maximum atomic E-state index is 14.0. The van der Waals surface area contributed by atoms with Crippen LogP contribution in [-0.2, 0) is 11.3 Å². The first-order valence-electron chi connectivity index (χ1n) is 7.87. The van der Waals surface area contributed by atoms with E-state index in [1.54, 1.807) is 6.07 Å². The smallest absolute Gasteiger partial charge is 0.231 e. The fraction of sp³-hybridized carbons (Fsp3) is 0.353. The van der Waals surface area contributed by atoms with Crippen molar-refractivity contribution in [2.24, 2.45) is 5.92 Å². The van der Waals surface area contributed by atoms with Gasteiger partial charge in [-0.15, -0.1) is 0 Å². The van der Waals surface area contributed by atoms with Crippen molar-refractivity contribution in [1.82, 2.24) is 15.3 Å². The minimum Gasteiger partial charge on any atom is -0.317 e. The van der Waals surface area contributed by atoms with Gasteiger partial charge in [0.05, 0.1) is 6.54 Å². The minimum absolute atomic E-state index is 0.00584. The van der Waals surface area contributed by atoms with Gasteiger partial charge >= 0.3 is 0 Å². The van der Waals surface area contributed by atoms with Crippen molar-refractivity contribution in [3.05, 3.63) is 54.0 Å². The third-order valence-electron chi connectivity index (χ3n) is 4.14. The predicted octanol–water partition coefficient (Wildman–Crippen LogP) is 2.29. The van der Waals surface area contributed by atoms with Crippen molar-refractivity contribution < 1.29 is 13.6 Å². The predicted molar refractivity (Wildman–Crippen MR) is 85.2 cm³/mol. The number of piperidine rings is 1. The van der Waals surface area contributed by atoms with Gasteiger partial charge < -0.3 is 5.32 Å². The molecule has 1 aliphatic rings. The summed E-state index contributed by atoms with van der Waals surface area (Å²) in [5.41, 5.74) is 0.247. The Hall–Kier alpha value is -2.41. The third-order valence-corrected chi connectivity index (χ3v) is 4.14. The van der Waals surface area contributed by atoms with Gasteiger partial charge in [-0.05, 0) is 38.1 Å². The molecule has 1 aromatic heterocycles. The molecule has 1 fully saturated rings. The zero-order valence-corrected chi connectivity index (χ0v) is 13.1. The van der Waals surface area contributed by atoms with E-state index < -0.39 is 11.6 Å². The molecular formula is C17H18F2N4O. The SMILES string of the molecule is O=C(C1CCNCC1)N(Cc1ccc(F)cc1F)c1ccncn1. The molecule has 1 saturated heterocycles. The number of amides is 1. The van der Waals surface area contributed by atoms with Gasteiger partial charge in [0, 0.05) is 23.7 Å². The van der Waals surface area contributed by atoms with Crippen LogP contribution in [0.25, 0.3) is 0 Å². The average molecular weight is 332 g/mol. The molecule has 1 aliphatic heterocycles. The molecule has 5 nitrogen and oxygen atoms in total. The number of anilines is 1. The Labute approximate surface area is 138 Å². The van der Waals surface area contributed by atoms with Gasteiger partial charge in [0.15, 0.2) is 0 Å². The molecule has 2 aromatic rings. The number of rotatable bonds is 4. The van der Waals surface area contributed by atoms with Crippen molar-refractivity contribution in [2.75, 3.05) is 18.0 Å². The molecule has 3 rings (SSSR count).